The molecule has 3 nitrogen and oxygen atoms in total. The number of rotatable bonds is 9. The molecule has 120 valence electrons. The van der Waals surface area contributed by atoms with Gasteiger partial charge in [0.1, 0.15) is 0 Å². The summed E-state index contributed by atoms with van der Waals surface area (Å²) < 4.78 is 10.4. The highest BCUT2D eigenvalue weighted by Crippen LogP contribution is 2.42. The minimum Gasteiger partial charge on any atom is -0.466 e. The van der Waals surface area contributed by atoms with Crippen LogP contribution >= 0.6 is 0 Å². The summed E-state index contributed by atoms with van der Waals surface area (Å²) >= 11 is 0. The van der Waals surface area contributed by atoms with E-state index in [1.54, 1.807) is 6.08 Å². The van der Waals surface area contributed by atoms with Crippen molar-refractivity contribution in [3.63, 3.8) is 0 Å². The second-order valence-electron chi connectivity index (χ2n) is 6.08. The Labute approximate surface area is 129 Å². The summed E-state index contributed by atoms with van der Waals surface area (Å²) in [6, 6.07) is 0. The monoisotopic (exact) mass is 294 g/mol. The molecule has 1 aliphatic heterocycles. The summed E-state index contributed by atoms with van der Waals surface area (Å²) in [6.45, 7) is 8.57. The predicted octanol–water partition coefficient (Wildman–Crippen LogP) is 4.57. The second kappa shape index (κ2) is 8.38. The zero-order valence-electron chi connectivity index (χ0n) is 14.2. The highest BCUT2D eigenvalue weighted by Gasteiger charge is 2.49. The molecule has 0 bridgehead atoms. The first-order valence-electron chi connectivity index (χ1n) is 8.06. The van der Waals surface area contributed by atoms with Gasteiger partial charge in [0.05, 0.1) is 18.8 Å². The molecule has 21 heavy (non-hydrogen) atoms. The lowest BCUT2D eigenvalue weighted by molar-refractivity contribution is -0.134. The molecule has 0 aromatic rings. The van der Waals surface area contributed by atoms with Crippen molar-refractivity contribution in [2.24, 2.45) is 0 Å². The molecular formula is C18H30O3. The molecule has 0 aromatic carbocycles. The van der Waals surface area contributed by atoms with Gasteiger partial charge in [0, 0.05) is 6.08 Å². The van der Waals surface area contributed by atoms with E-state index < -0.39 is 0 Å². The molecule has 0 aliphatic carbocycles. The van der Waals surface area contributed by atoms with Crippen LogP contribution in [0, 0.1) is 0 Å². The van der Waals surface area contributed by atoms with Gasteiger partial charge in [-0.05, 0) is 52.4 Å². The number of carbonyl (C=O) groups is 1. The maximum absolute atomic E-state index is 11.1. The fraction of sp³-hybridized carbons (Fsp3) is 0.722. The van der Waals surface area contributed by atoms with Crippen LogP contribution in [-0.4, -0.2) is 24.8 Å². The molecule has 0 N–H and O–H groups in total. The quantitative estimate of drug-likeness (QED) is 0.270. The lowest BCUT2D eigenvalue weighted by Gasteiger charge is -2.05. The van der Waals surface area contributed by atoms with E-state index in [9.17, 15) is 4.79 Å². The van der Waals surface area contributed by atoms with Gasteiger partial charge in [-0.25, -0.2) is 4.79 Å². The molecule has 0 amide bonds. The van der Waals surface area contributed by atoms with Gasteiger partial charge in [0.2, 0.25) is 0 Å². The summed E-state index contributed by atoms with van der Waals surface area (Å²) in [4.78, 5) is 11.1. The summed E-state index contributed by atoms with van der Waals surface area (Å²) in [5, 5.41) is 0. The Hall–Kier alpha value is -1.09. The third-order valence-corrected chi connectivity index (χ3v) is 4.46. The van der Waals surface area contributed by atoms with Gasteiger partial charge in [-0.15, -0.1) is 0 Å². The van der Waals surface area contributed by atoms with E-state index in [1.807, 2.05) is 6.92 Å². The first-order valence-corrected chi connectivity index (χ1v) is 8.06. The molecule has 0 radical (unpaired) electrons. The van der Waals surface area contributed by atoms with E-state index >= 15 is 0 Å². The average Bonchev–Trinajstić information content (AvgIpc) is 3.13. The van der Waals surface area contributed by atoms with Crippen LogP contribution in [0.15, 0.2) is 23.3 Å². The smallest absolute Gasteiger partial charge is 0.330 e. The van der Waals surface area contributed by atoms with Crippen molar-refractivity contribution >= 4 is 5.97 Å². The molecule has 0 saturated carbocycles. The van der Waals surface area contributed by atoms with E-state index in [-0.39, 0.29) is 11.6 Å². The van der Waals surface area contributed by atoms with Crippen molar-refractivity contribution in [2.75, 3.05) is 7.11 Å². The van der Waals surface area contributed by atoms with E-state index in [2.05, 4.69) is 31.6 Å². The van der Waals surface area contributed by atoms with E-state index in [4.69, 9.17) is 4.74 Å². The molecular weight excluding hydrogens is 264 g/mol. The Balaban J connectivity index is 2.32. The molecule has 1 rings (SSSR count). The van der Waals surface area contributed by atoms with Gasteiger partial charge in [0.15, 0.2) is 0 Å². The predicted molar refractivity (Wildman–Crippen MR) is 86.2 cm³/mol. The van der Waals surface area contributed by atoms with Crippen LogP contribution in [0.1, 0.15) is 66.2 Å². The van der Waals surface area contributed by atoms with E-state index in [0.29, 0.717) is 6.10 Å². The highest BCUT2D eigenvalue weighted by atomic mass is 16.6. The van der Waals surface area contributed by atoms with Crippen molar-refractivity contribution in [3.05, 3.63) is 23.3 Å². The first-order chi connectivity index (χ1) is 9.95. The highest BCUT2D eigenvalue weighted by molar-refractivity contribution is 5.82. The minimum absolute atomic E-state index is 0.138. The Kier molecular flexibility index (Phi) is 7.16. The van der Waals surface area contributed by atoms with E-state index in [1.165, 1.54) is 12.7 Å². The average molecular weight is 294 g/mol. The molecule has 0 spiro atoms. The standard InChI is InChI=1S/C18H30O3/c1-6-15(11-12-16-18(4,7-2)21-16)10-8-9-14(3)13-17(19)20-5/h10,13,16H,6-9,11-12H2,1-5H3. The van der Waals surface area contributed by atoms with Gasteiger partial charge in [-0.2, -0.15) is 0 Å². The molecule has 0 aromatic heterocycles. The topological polar surface area (TPSA) is 38.8 Å². The first kappa shape index (κ1) is 18.0. The van der Waals surface area contributed by atoms with Crippen LogP contribution in [-0.2, 0) is 14.3 Å². The maximum atomic E-state index is 11.1. The summed E-state index contributed by atoms with van der Waals surface area (Å²) in [6.07, 6.45) is 10.7. The summed E-state index contributed by atoms with van der Waals surface area (Å²) in [5.41, 5.74) is 2.70. The Bertz CT molecular complexity index is 409. The molecule has 3 heteroatoms. The van der Waals surface area contributed by atoms with Crippen LogP contribution in [0.25, 0.3) is 0 Å². The third kappa shape index (κ3) is 6.04. The maximum Gasteiger partial charge on any atom is 0.330 e. The number of carbonyl (C=O) groups excluding carboxylic acids is 1. The molecule has 1 fully saturated rings. The van der Waals surface area contributed by atoms with Crippen LogP contribution in [0.2, 0.25) is 0 Å². The number of esters is 1. The van der Waals surface area contributed by atoms with Crippen molar-refractivity contribution in [1.29, 1.82) is 0 Å². The van der Waals surface area contributed by atoms with Gasteiger partial charge < -0.3 is 9.47 Å². The van der Waals surface area contributed by atoms with Crippen molar-refractivity contribution in [3.8, 4) is 0 Å². The molecule has 2 atom stereocenters. The third-order valence-electron chi connectivity index (χ3n) is 4.46. The van der Waals surface area contributed by atoms with Gasteiger partial charge in [-0.1, -0.05) is 31.1 Å². The second-order valence-corrected chi connectivity index (χ2v) is 6.08. The lowest BCUT2D eigenvalue weighted by Crippen LogP contribution is -2.07. The van der Waals surface area contributed by atoms with Crippen molar-refractivity contribution in [1.82, 2.24) is 0 Å². The number of allylic oxidation sites excluding steroid dienone is 3. The fourth-order valence-electron chi connectivity index (χ4n) is 2.54. The zero-order chi connectivity index (χ0) is 15.9. The van der Waals surface area contributed by atoms with Gasteiger partial charge in [0.25, 0.3) is 0 Å². The molecule has 2 unspecified atom stereocenters. The number of ether oxygens (including phenoxy) is 2. The largest absolute Gasteiger partial charge is 0.466 e. The Morgan fingerprint density at radius 3 is 2.57 bits per heavy atom. The van der Waals surface area contributed by atoms with Gasteiger partial charge >= 0.3 is 5.97 Å². The fourth-order valence-corrected chi connectivity index (χ4v) is 2.54. The normalized spacial score (nSPS) is 25.9. The number of epoxide rings is 1. The molecule has 1 heterocycles. The number of methoxy groups -OCH3 is 1. The SMILES string of the molecule is CCC(=CCCC(C)=CC(=O)OC)CCC1OC1(C)CC. The van der Waals surface area contributed by atoms with Crippen LogP contribution in [0.5, 0.6) is 0 Å². The number of hydrogen-bond acceptors (Lipinski definition) is 3. The van der Waals surface area contributed by atoms with Crippen molar-refractivity contribution in [2.45, 2.75) is 77.9 Å². The summed E-state index contributed by atoms with van der Waals surface area (Å²) in [5.74, 6) is -0.267. The van der Waals surface area contributed by atoms with Crippen LogP contribution in [0.4, 0.5) is 0 Å². The lowest BCUT2D eigenvalue weighted by atomic mass is 9.97. The Morgan fingerprint density at radius 2 is 2.05 bits per heavy atom. The Morgan fingerprint density at radius 1 is 1.33 bits per heavy atom. The van der Waals surface area contributed by atoms with Gasteiger partial charge in [-0.3, -0.25) is 0 Å². The zero-order valence-corrected chi connectivity index (χ0v) is 14.2. The van der Waals surface area contributed by atoms with Crippen LogP contribution < -0.4 is 0 Å². The molecule has 1 saturated heterocycles. The van der Waals surface area contributed by atoms with E-state index in [0.717, 1.165) is 44.1 Å². The molecule has 1 aliphatic rings. The number of hydrogen-bond donors (Lipinski definition) is 0. The van der Waals surface area contributed by atoms with Crippen molar-refractivity contribution < 1.29 is 14.3 Å². The van der Waals surface area contributed by atoms with Crippen LogP contribution in [0.3, 0.4) is 0 Å². The minimum atomic E-state index is -0.267. The summed E-state index contributed by atoms with van der Waals surface area (Å²) in [7, 11) is 1.41.